The lowest BCUT2D eigenvalue weighted by Crippen LogP contribution is -2.11. The number of nitrogens with one attached hydrogen (secondary N) is 2. The van der Waals surface area contributed by atoms with E-state index in [4.69, 9.17) is 4.74 Å². The number of carbonyl (C=O) groups excluding carboxylic acids is 1. The van der Waals surface area contributed by atoms with Gasteiger partial charge in [-0.25, -0.2) is 0 Å². The summed E-state index contributed by atoms with van der Waals surface area (Å²) in [5.74, 6) is 0.703. The van der Waals surface area contributed by atoms with E-state index in [9.17, 15) is 4.79 Å². The molecule has 4 nitrogen and oxygen atoms in total. The molecule has 0 aromatic heterocycles. The van der Waals surface area contributed by atoms with Gasteiger partial charge in [0.2, 0.25) is 5.91 Å². The Labute approximate surface area is 96.0 Å². The summed E-state index contributed by atoms with van der Waals surface area (Å²) >= 11 is 0. The molecule has 0 spiro atoms. The number of rotatable bonds is 6. The van der Waals surface area contributed by atoms with Gasteiger partial charge in [-0.2, -0.15) is 0 Å². The van der Waals surface area contributed by atoms with E-state index in [-0.39, 0.29) is 5.91 Å². The summed E-state index contributed by atoms with van der Waals surface area (Å²) < 4.78 is 5.54. The summed E-state index contributed by atoms with van der Waals surface area (Å²) in [5, 5.41) is 5.77. The van der Waals surface area contributed by atoms with Gasteiger partial charge in [0, 0.05) is 18.7 Å². The van der Waals surface area contributed by atoms with Crippen molar-refractivity contribution in [2.75, 3.05) is 25.5 Å². The first-order valence-corrected chi connectivity index (χ1v) is 5.37. The van der Waals surface area contributed by atoms with E-state index in [1.807, 2.05) is 31.3 Å². The van der Waals surface area contributed by atoms with Crippen molar-refractivity contribution in [2.24, 2.45) is 0 Å². The van der Waals surface area contributed by atoms with Crippen LogP contribution in [0.25, 0.3) is 0 Å². The minimum absolute atomic E-state index is 0.0765. The second kappa shape index (κ2) is 6.85. The van der Waals surface area contributed by atoms with E-state index in [2.05, 4.69) is 10.6 Å². The van der Waals surface area contributed by atoms with Crippen molar-refractivity contribution < 1.29 is 9.53 Å². The Balaban J connectivity index is 2.44. The lowest BCUT2D eigenvalue weighted by Gasteiger charge is -2.08. The summed E-state index contributed by atoms with van der Waals surface area (Å²) in [6.45, 7) is 3.09. The maximum absolute atomic E-state index is 10.9. The van der Waals surface area contributed by atoms with Gasteiger partial charge in [0.15, 0.2) is 0 Å². The smallest absolute Gasteiger partial charge is 0.221 e. The molecule has 0 aliphatic rings. The number of hydrogen-bond acceptors (Lipinski definition) is 3. The molecule has 4 heteroatoms. The van der Waals surface area contributed by atoms with Crippen LogP contribution < -0.4 is 15.4 Å². The molecule has 0 bridgehead atoms. The van der Waals surface area contributed by atoms with Crippen molar-refractivity contribution in [1.29, 1.82) is 0 Å². The molecule has 0 unspecified atom stereocenters. The van der Waals surface area contributed by atoms with Crippen LogP contribution in [0.1, 0.15) is 13.3 Å². The molecule has 0 saturated heterocycles. The Morgan fingerprint density at radius 3 is 2.94 bits per heavy atom. The average molecular weight is 222 g/mol. The molecule has 0 heterocycles. The molecule has 2 N–H and O–H groups in total. The van der Waals surface area contributed by atoms with E-state index >= 15 is 0 Å². The molecule has 1 rings (SSSR count). The molecule has 0 aliphatic carbocycles. The third-order valence-corrected chi connectivity index (χ3v) is 1.99. The number of ether oxygens (including phenoxy) is 1. The third-order valence-electron chi connectivity index (χ3n) is 1.99. The highest BCUT2D eigenvalue weighted by atomic mass is 16.5. The Morgan fingerprint density at radius 2 is 2.25 bits per heavy atom. The molecular weight excluding hydrogens is 204 g/mol. The third kappa shape index (κ3) is 4.79. The molecule has 0 saturated carbocycles. The SMILES string of the molecule is CNCCCOc1cccc(NC(C)=O)c1. The molecule has 1 aromatic carbocycles. The van der Waals surface area contributed by atoms with Crippen LogP contribution in [0.4, 0.5) is 5.69 Å². The van der Waals surface area contributed by atoms with E-state index < -0.39 is 0 Å². The number of amides is 1. The predicted octanol–water partition coefficient (Wildman–Crippen LogP) is 1.63. The van der Waals surface area contributed by atoms with Crippen molar-refractivity contribution in [3.05, 3.63) is 24.3 Å². The molecule has 0 fully saturated rings. The number of anilines is 1. The zero-order valence-electron chi connectivity index (χ0n) is 9.75. The minimum atomic E-state index is -0.0765. The standard InChI is InChI=1S/C12H18N2O2/c1-10(15)14-11-5-3-6-12(9-11)16-8-4-7-13-2/h3,5-6,9,13H,4,7-8H2,1-2H3,(H,14,15). The van der Waals surface area contributed by atoms with Crippen molar-refractivity contribution >= 4 is 11.6 Å². The quantitative estimate of drug-likeness (QED) is 0.719. The van der Waals surface area contributed by atoms with E-state index in [0.717, 1.165) is 24.4 Å². The van der Waals surface area contributed by atoms with Crippen LogP contribution in [0, 0.1) is 0 Å². The molecule has 0 radical (unpaired) electrons. The molecule has 1 aromatic rings. The monoisotopic (exact) mass is 222 g/mol. The fourth-order valence-corrected chi connectivity index (χ4v) is 1.31. The maximum Gasteiger partial charge on any atom is 0.221 e. The highest BCUT2D eigenvalue weighted by molar-refractivity contribution is 5.88. The van der Waals surface area contributed by atoms with E-state index in [1.54, 1.807) is 0 Å². The molecule has 0 aliphatic heterocycles. The molecule has 0 atom stereocenters. The predicted molar refractivity (Wildman–Crippen MR) is 64.8 cm³/mol. The zero-order chi connectivity index (χ0) is 11.8. The van der Waals surface area contributed by atoms with Crippen molar-refractivity contribution in [1.82, 2.24) is 5.32 Å². The second-order valence-corrected chi connectivity index (χ2v) is 3.51. The number of carbonyl (C=O) groups is 1. The van der Waals surface area contributed by atoms with Crippen LogP contribution in [-0.2, 0) is 4.79 Å². The first-order chi connectivity index (χ1) is 7.72. The summed E-state index contributed by atoms with van der Waals surface area (Å²) in [4.78, 5) is 10.9. The molecular formula is C12H18N2O2. The lowest BCUT2D eigenvalue weighted by molar-refractivity contribution is -0.114. The van der Waals surface area contributed by atoms with Gasteiger partial charge in [-0.1, -0.05) is 6.07 Å². The average Bonchev–Trinajstić information content (AvgIpc) is 2.24. The van der Waals surface area contributed by atoms with Gasteiger partial charge < -0.3 is 15.4 Å². The maximum atomic E-state index is 10.9. The lowest BCUT2D eigenvalue weighted by atomic mass is 10.3. The Kier molecular flexibility index (Phi) is 5.36. The molecule has 1 amide bonds. The minimum Gasteiger partial charge on any atom is -0.493 e. The van der Waals surface area contributed by atoms with Crippen LogP contribution >= 0.6 is 0 Å². The summed E-state index contributed by atoms with van der Waals surface area (Å²) in [5.41, 5.74) is 0.763. The Bertz CT molecular complexity index is 340. The van der Waals surface area contributed by atoms with Crippen molar-refractivity contribution in [3.8, 4) is 5.75 Å². The first-order valence-electron chi connectivity index (χ1n) is 5.37. The van der Waals surface area contributed by atoms with Gasteiger partial charge >= 0.3 is 0 Å². The highest BCUT2D eigenvalue weighted by Crippen LogP contribution is 2.17. The van der Waals surface area contributed by atoms with Gasteiger partial charge in [-0.3, -0.25) is 4.79 Å². The van der Waals surface area contributed by atoms with Gasteiger partial charge in [-0.15, -0.1) is 0 Å². The highest BCUT2D eigenvalue weighted by Gasteiger charge is 1.98. The molecule has 16 heavy (non-hydrogen) atoms. The second-order valence-electron chi connectivity index (χ2n) is 3.51. The van der Waals surface area contributed by atoms with Crippen molar-refractivity contribution in [2.45, 2.75) is 13.3 Å². The first kappa shape index (κ1) is 12.5. The Hall–Kier alpha value is -1.55. The van der Waals surface area contributed by atoms with Crippen LogP contribution in [0.15, 0.2) is 24.3 Å². The van der Waals surface area contributed by atoms with Crippen molar-refractivity contribution in [3.63, 3.8) is 0 Å². The van der Waals surface area contributed by atoms with Gasteiger partial charge in [0.25, 0.3) is 0 Å². The number of benzene rings is 1. The summed E-state index contributed by atoms with van der Waals surface area (Å²) in [6, 6.07) is 7.39. The van der Waals surface area contributed by atoms with Crippen LogP contribution in [0.3, 0.4) is 0 Å². The van der Waals surface area contributed by atoms with Gasteiger partial charge in [-0.05, 0) is 32.1 Å². The Morgan fingerprint density at radius 1 is 1.44 bits per heavy atom. The summed E-state index contributed by atoms with van der Waals surface area (Å²) in [7, 11) is 1.91. The van der Waals surface area contributed by atoms with E-state index in [1.165, 1.54) is 6.92 Å². The van der Waals surface area contributed by atoms with Gasteiger partial charge in [0.05, 0.1) is 6.61 Å². The molecule has 88 valence electrons. The largest absolute Gasteiger partial charge is 0.493 e. The van der Waals surface area contributed by atoms with Gasteiger partial charge in [0.1, 0.15) is 5.75 Å². The fraction of sp³-hybridized carbons (Fsp3) is 0.417. The topological polar surface area (TPSA) is 50.4 Å². The van der Waals surface area contributed by atoms with Crippen LogP contribution in [0.2, 0.25) is 0 Å². The number of hydrogen-bond donors (Lipinski definition) is 2. The summed E-state index contributed by atoms with van der Waals surface area (Å²) in [6.07, 6.45) is 0.959. The van der Waals surface area contributed by atoms with Crippen LogP contribution in [-0.4, -0.2) is 26.1 Å². The van der Waals surface area contributed by atoms with E-state index in [0.29, 0.717) is 6.61 Å². The van der Waals surface area contributed by atoms with Crippen LogP contribution in [0.5, 0.6) is 5.75 Å². The normalized spacial score (nSPS) is 9.88. The zero-order valence-corrected chi connectivity index (χ0v) is 9.75. The fourth-order valence-electron chi connectivity index (χ4n) is 1.31.